The number of rotatable bonds is 8. The third-order valence-electron chi connectivity index (χ3n) is 3.98. The summed E-state index contributed by atoms with van der Waals surface area (Å²) >= 11 is 0. The van der Waals surface area contributed by atoms with E-state index in [0.29, 0.717) is 41.8 Å². The molecule has 7 nitrogen and oxygen atoms in total. The highest BCUT2D eigenvalue weighted by Crippen LogP contribution is 2.40. The molecule has 1 atom stereocenters. The molecule has 1 unspecified atom stereocenters. The number of anilines is 2. The molecule has 0 aliphatic carbocycles. The summed E-state index contributed by atoms with van der Waals surface area (Å²) in [5.41, 5.74) is 2.25. The fourth-order valence-electron chi connectivity index (χ4n) is 2.58. The van der Waals surface area contributed by atoms with Crippen molar-refractivity contribution in [1.29, 1.82) is 0 Å². The first-order chi connectivity index (χ1) is 13.1. The molecule has 1 heterocycles. The number of benzene rings is 2. The Bertz CT molecular complexity index is 915. The lowest BCUT2D eigenvalue weighted by molar-refractivity contribution is 0.154. The lowest BCUT2D eigenvalue weighted by atomic mass is 10.2. The van der Waals surface area contributed by atoms with Crippen molar-refractivity contribution in [3.8, 4) is 17.2 Å². The van der Waals surface area contributed by atoms with Crippen LogP contribution in [0.2, 0.25) is 0 Å². The molecule has 0 bridgehead atoms. The first-order valence-electron chi connectivity index (χ1n) is 8.66. The zero-order valence-corrected chi connectivity index (χ0v) is 15.6. The summed E-state index contributed by atoms with van der Waals surface area (Å²) in [6.45, 7) is 2.07. The van der Waals surface area contributed by atoms with Crippen molar-refractivity contribution >= 4 is 22.5 Å². The molecular formula is C20H23N3O4. The van der Waals surface area contributed by atoms with Crippen molar-refractivity contribution in [2.75, 3.05) is 26.1 Å². The number of aliphatic hydroxyl groups excluding tert-OH is 1. The minimum absolute atomic E-state index is 0.346. The van der Waals surface area contributed by atoms with Crippen LogP contribution in [0.3, 0.4) is 0 Å². The summed E-state index contributed by atoms with van der Waals surface area (Å²) in [4.78, 5) is 9.00. The summed E-state index contributed by atoms with van der Waals surface area (Å²) < 4.78 is 16.7. The summed E-state index contributed by atoms with van der Waals surface area (Å²) in [5, 5.41) is 12.7. The van der Waals surface area contributed by atoms with E-state index in [1.54, 1.807) is 39.5 Å². The maximum Gasteiger partial charge on any atom is 0.184 e. The Morgan fingerprint density at radius 2 is 1.89 bits per heavy atom. The Labute approximate surface area is 157 Å². The monoisotopic (exact) mass is 369 g/mol. The van der Waals surface area contributed by atoms with Gasteiger partial charge in [-0.3, -0.25) is 4.98 Å². The van der Waals surface area contributed by atoms with Gasteiger partial charge < -0.3 is 24.6 Å². The molecule has 0 spiro atoms. The predicted octanol–water partition coefficient (Wildman–Crippen LogP) is 3.54. The lowest BCUT2D eigenvalue weighted by Crippen LogP contribution is -2.09. The van der Waals surface area contributed by atoms with E-state index in [1.165, 1.54) is 0 Å². The molecule has 1 aromatic heterocycles. The molecule has 0 fully saturated rings. The van der Waals surface area contributed by atoms with Crippen molar-refractivity contribution < 1.29 is 19.3 Å². The van der Waals surface area contributed by atoms with Crippen LogP contribution < -0.4 is 19.5 Å². The molecule has 0 saturated carbocycles. The second-order valence-corrected chi connectivity index (χ2v) is 6.06. The number of hydrogen-bond acceptors (Lipinski definition) is 7. The number of aromatic nitrogens is 2. The number of methoxy groups -OCH3 is 2. The molecule has 0 amide bonds. The minimum Gasteiger partial charge on any atom is -0.497 e. The zero-order chi connectivity index (χ0) is 19.2. The number of para-hydroxylation sites is 2. The van der Waals surface area contributed by atoms with Gasteiger partial charge in [0.05, 0.1) is 49.8 Å². The van der Waals surface area contributed by atoms with Gasteiger partial charge in [-0.1, -0.05) is 12.1 Å². The summed E-state index contributed by atoms with van der Waals surface area (Å²) in [7, 11) is 3.15. The molecule has 0 aliphatic heterocycles. The summed E-state index contributed by atoms with van der Waals surface area (Å²) in [6.07, 6.45) is 1.72. The number of ether oxygens (including phenoxy) is 3. The smallest absolute Gasteiger partial charge is 0.184 e. The van der Waals surface area contributed by atoms with Crippen LogP contribution in [0.4, 0.5) is 11.5 Å². The largest absolute Gasteiger partial charge is 0.497 e. The molecule has 0 aliphatic rings. The normalized spacial score (nSPS) is 11.9. The molecule has 142 valence electrons. The highest BCUT2D eigenvalue weighted by Gasteiger charge is 2.15. The van der Waals surface area contributed by atoms with Gasteiger partial charge in [0.1, 0.15) is 11.6 Å². The summed E-state index contributed by atoms with van der Waals surface area (Å²) in [6, 6.07) is 11.2. The maximum absolute atomic E-state index is 9.48. The van der Waals surface area contributed by atoms with E-state index in [0.717, 1.165) is 11.0 Å². The maximum atomic E-state index is 9.48. The first kappa shape index (κ1) is 18.7. The van der Waals surface area contributed by atoms with Crippen molar-refractivity contribution in [2.24, 2.45) is 0 Å². The predicted molar refractivity (Wildman–Crippen MR) is 104 cm³/mol. The number of hydrogen-bond donors (Lipinski definition) is 2. The highest BCUT2D eigenvalue weighted by molar-refractivity contribution is 5.77. The molecule has 2 aromatic carbocycles. The molecule has 2 N–H and O–H groups in total. The molecule has 7 heteroatoms. The Balaban J connectivity index is 1.95. The van der Waals surface area contributed by atoms with Gasteiger partial charge in [-0.2, -0.15) is 0 Å². The Morgan fingerprint density at radius 1 is 1.11 bits per heavy atom. The number of aliphatic hydroxyl groups is 1. The number of nitrogens with zero attached hydrogens (tertiary/aromatic N) is 2. The van der Waals surface area contributed by atoms with Crippen molar-refractivity contribution in [2.45, 2.75) is 19.4 Å². The van der Waals surface area contributed by atoms with Gasteiger partial charge in [0.2, 0.25) is 0 Å². The lowest BCUT2D eigenvalue weighted by Gasteiger charge is -2.18. The second-order valence-electron chi connectivity index (χ2n) is 6.06. The van der Waals surface area contributed by atoms with Crippen LogP contribution in [0, 0.1) is 0 Å². The van der Waals surface area contributed by atoms with Crippen LogP contribution in [0.1, 0.15) is 13.3 Å². The van der Waals surface area contributed by atoms with Gasteiger partial charge in [0.25, 0.3) is 0 Å². The van der Waals surface area contributed by atoms with Gasteiger partial charge >= 0.3 is 0 Å². The molecule has 0 radical (unpaired) electrons. The third kappa shape index (κ3) is 4.57. The van der Waals surface area contributed by atoms with E-state index >= 15 is 0 Å². The van der Waals surface area contributed by atoms with Gasteiger partial charge in [-0.25, -0.2) is 4.98 Å². The van der Waals surface area contributed by atoms with E-state index < -0.39 is 6.10 Å². The quantitative estimate of drug-likeness (QED) is 0.628. The third-order valence-corrected chi connectivity index (χ3v) is 3.98. The van der Waals surface area contributed by atoms with Gasteiger partial charge in [0.15, 0.2) is 11.5 Å². The van der Waals surface area contributed by atoms with Gasteiger partial charge in [-0.15, -0.1) is 0 Å². The van der Waals surface area contributed by atoms with Crippen LogP contribution in [0.25, 0.3) is 11.0 Å². The fraction of sp³-hybridized carbons (Fsp3) is 0.300. The van der Waals surface area contributed by atoms with Crippen LogP contribution in [-0.4, -0.2) is 42.0 Å². The van der Waals surface area contributed by atoms with Crippen LogP contribution in [-0.2, 0) is 0 Å². The van der Waals surface area contributed by atoms with Crippen LogP contribution >= 0.6 is 0 Å². The second kappa shape index (κ2) is 8.55. The Kier molecular flexibility index (Phi) is 5.93. The number of nitrogens with one attached hydrogen (secondary N) is 1. The summed E-state index contributed by atoms with van der Waals surface area (Å²) in [5.74, 6) is 2.24. The topological polar surface area (TPSA) is 85.7 Å². The van der Waals surface area contributed by atoms with Gasteiger partial charge in [0, 0.05) is 18.6 Å². The van der Waals surface area contributed by atoms with E-state index in [2.05, 4.69) is 15.3 Å². The van der Waals surface area contributed by atoms with E-state index in [1.807, 2.05) is 24.3 Å². The SMILES string of the molecule is COc1cc(Nc2cnc3ccccc3n2)c(OCCC(C)O)c(OC)c1. The molecule has 3 rings (SSSR count). The average Bonchev–Trinajstić information content (AvgIpc) is 2.68. The fourth-order valence-corrected chi connectivity index (χ4v) is 2.58. The highest BCUT2D eigenvalue weighted by atomic mass is 16.5. The van der Waals surface area contributed by atoms with Crippen molar-refractivity contribution in [3.63, 3.8) is 0 Å². The molecule has 3 aromatic rings. The number of fused-ring (bicyclic) bond motifs is 1. The van der Waals surface area contributed by atoms with E-state index in [-0.39, 0.29) is 0 Å². The van der Waals surface area contributed by atoms with Crippen LogP contribution in [0.5, 0.6) is 17.2 Å². The van der Waals surface area contributed by atoms with Crippen molar-refractivity contribution in [3.05, 3.63) is 42.6 Å². The molecule has 27 heavy (non-hydrogen) atoms. The molecule has 0 saturated heterocycles. The van der Waals surface area contributed by atoms with Crippen LogP contribution in [0.15, 0.2) is 42.6 Å². The first-order valence-corrected chi connectivity index (χ1v) is 8.66. The molecular weight excluding hydrogens is 346 g/mol. The Hall–Kier alpha value is -3.06. The zero-order valence-electron chi connectivity index (χ0n) is 15.6. The Morgan fingerprint density at radius 3 is 2.59 bits per heavy atom. The van der Waals surface area contributed by atoms with E-state index in [9.17, 15) is 5.11 Å². The van der Waals surface area contributed by atoms with E-state index in [4.69, 9.17) is 14.2 Å². The van der Waals surface area contributed by atoms with Gasteiger partial charge in [-0.05, 0) is 19.1 Å². The minimum atomic E-state index is -0.447. The standard InChI is InChI=1S/C20H23N3O4/c1-13(24)8-9-27-20-17(10-14(25-2)11-18(20)26-3)23-19-12-21-15-6-4-5-7-16(15)22-19/h4-7,10-13,24H,8-9H2,1-3H3,(H,22,23). The van der Waals surface area contributed by atoms with Crippen molar-refractivity contribution in [1.82, 2.24) is 9.97 Å². The average molecular weight is 369 g/mol.